The summed E-state index contributed by atoms with van der Waals surface area (Å²) >= 11 is 0. The van der Waals surface area contributed by atoms with Crippen molar-refractivity contribution in [3.8, 4) is 11.5 Å². The predicted octanol–water partition coefficient (Wildman–Crippen LogP) is 4.30. The lowest BCUT2D eigenvalue weighted by Gasteiger charge is -2.10. The van der Waals surface area contributed by atoms with Crippen molar-refractivity contribution in [2.24, 2.45) is 0 Å². The fourth-order valence-electron chi connectivity index (χ4n) is 2.63. The number of hydrogen-bond donors (Lipinski definition) is 2. The smallest absolute Gasteiger partial charge is 0.259 e. The molecule has 1 aliphatic heterocycles. The second kappa shape index (κ2) is 6.13. The van der Waals surface area contributed by atoms with Gasteiger partial charge >= 0.3 is 0 Å². The Morgan fingerprint density at radius 3 is 2.48 bits per heavy atom. The summed E-state index contributed by atoms with van der Waals surface area (Å²) in [5.41, 5.74) is 2.04. The second-order valence-electron chi connectivity index (χ2n) is 5.58. The molecule has 1 heterocycles. The molecular formula is C20H14N2O3. The quantitative estimate of drug-likeness (QED) is 0.736. The number of hydrogen-bond acceptors (Lipinski definition) is 3. The molecule has 3 aromatic carbocycles. The molecule has 0 spiro atoms. The molecule has 0 fully saturated rings. The third-order valence-electron chi connectivity index (χ3n) is 3.87. The average Bonchev–Trinajstić information content (AvgIpc) is 2.78. The van der Waals surface area contributed by atoms with Crippen molar-refractivity contribution >= 4 is 23.2 Å². The van der Waals surface area contributed by atoms with Crippen LogP contribution >= 0.6 is 0 Å². The summed E-state index contributed by atoms with van der Waals surface area (Å²) in [5, 5.41) is 5.61. The molecule has 3 aromatic rings. The molecule has 2 N–H and O–H groups in total. The van der Waals surface area contributed by atoms with Gasteiger partial charge in [0.25, 0.3) is 11.8 Å². The Kier molecular flexibility index (Phi) is 3.67. The largest absolute Gasteiger partial charge is 0.454 e. The van der Waals surface area contributed by atoms with Gasteiger partial charge in [-0.15, -0.1) is 0 Å². The lowest BCUT2D eigenvalue weighted by molar-refractivity contribution is 0.101. The summed E-state index contributed by atoms with van der Waals surface area (Å²) in [5.74, 6) is 0.505. The SMILES string of the molecule is O=C(Nc1ccc2c(c1)C(=O)Nc1ccccc1O2)c1ccccc1. The fourth-order valence-corrected chi connectivity index (χ4v) is 2.63. The highest BCUT2D eigenvalue weighted by atomic mass is 16.5. The summed E-state index contributed by atoms with van der Waals surface area (Å²) in [4.78, 5) is 24.7. The fraction of sp³-hybridized carbons (Fsp3) is 0. The van der Waals surface area contributed by atoms with E-state index in [0.29, 0.717) is 34.0 Å². The van der Waals surface area contributed by atoms with Crippen molar-refractivity contribution in [1.29, 1.82) is 0 Å². The predicted molar refractivity (Wildman–Crippen MR) is 95.3 cm³/mol. The molecule has 0 unspecified atom stereocenters. The van der Waals surface area contributed by atoms with E-state index in [1.54, 1.807) is 54.6 Å². The van der Waals surface area contributed by atoms with E-state index in [4.69, 9.17) is 4.74 Å². The van der Waals surface area contributed by atoms with E-state index in [0.717, 1.165) is 0 Å². The Labute approximate surface area is 144 Å². The van der Waals surface area contributed by atoms with Crippen LogP contribution in [0.15, 0.2) is 72.8 Å². The number of amides is 2. The van der Waals surface area contributed by atoms with Crippen molar-refractivity contribution in [2.75, 3.05) is 10.6 Å². The van der Waals surface area contributed by atoms with Crippen LogP contribution in [0.2, 0.25) is 0 Å². The molecule has 5 heteroatoms. The van der Waals surface area contributed by atoms with Crippen LogP contribution in [0.3, 0.4) is 0 Å². The van der Waals surface area contributed by atoms with E-state index in [2.05, 4.69) is 10.6 Å². The van der Waals surface area contributed by atoms with E-state index in [1.165, 1.54) is 0 Å². The van der Waals surface area contributed by atoms with E-state index in [9.17, 15) is 9.59 Å². The zero-order valence-electron chi connectivity index (χ0n) is 13.2. The molecule has 0 aromatic heterocycles. The number of carbonyl (C=O) groups excluding carboxylic acids is 2. The molecule has 25 heavy (non-hydrogen) atoms. The third-order valence-corrected chi connectivity index (χ3v) is 3.87. The first-order chi connectivity index (χ1) is 12.2. The molecule has 0 radical (unpaired) electrons. The van der Waals surface area contributed by atoms with Crippen LogP contribution in [-0.2, 0) is 0 Å². The Morgan fingerprint density at radius 1 is 0.880 bits per heavy atom. The third kappa shape index (κ3) is 2.95. The van der Waals surface area contributed by atoms with E-state index >= 15 is 0 Å². The van der Waals surface area contributed by atoms with Gasteiger partial charge < -0.3 is 15.4 Å². The molecule has 0 saturated carbocycles. The maximum Gasteiger partial charge on any atom is 0.259 e. The van der Waals surface area contributed by atoms with Gasteiger partial charge in [0.05, 0.1) is 11.3 Å². The van der Waals surface area contributed by atoms with Crippen LogP contribution in [0, 0.1) is 0 Å². The van der Waals surface area contributed by atoms with Crippen molar-refractivity contribution in [2.45, 2.75) is 0 Å². The average molecular weight is 330 g/mol. The molecule has 122 valence electrons. The summed E-state index contributed by atoms with van der Waals surface area (Å²) < 4.78 is 5.82. The topological polar surface area (TPSA) is 67.4 Å². The van der Waals surface area contributed by atoms with Gasteiger partial charge in [-0.3, -0.25) is 9.59 Å². The van der Waals surface area contributed by atoms with Crippen LogP contribution in [0.4, 0.5) is 11.4 Å². The van der Waals surface area contributed by atoms with Gasteiger partial charge in [-0.1, -0.05) is 30.3 Å². The number of anilines is 2. The van der Waals surface area contributed by atoms with E-state index in [1.807, 2.05) is 18.2 Å². The number of ether oxygens (including phenoxy) is 1. The summed E-state index contributed by atoms with van der Waals surface area (Å²) in [6.07, 6.45) is 0. The molecule has 4 rings (SSSR count). The Hall–Kier alpha value is -3.60. The van der Waals surface area contributed by atoms with Crippen molar-refractivity contribution in [3.05, 3.63) is 83.9 Å². The number of nitrogens with one attached hydrogen (secondary N) is 2. The van der Waals surface area contributed by atoms with Crippen LogP contribution < -0.4 is 15.4 Å². The van der Waals surface area contributed by atoms with Crippen molar-refractivity contribution in [1.82, 2.24) is 0 Å². The number of benzene rings is 3. The number of para-hydroxylation sites is 2. The van der Waals surface area contributed by atoms with Gasteiger partial charge in [0.15, 0.2) is 5.75 Å². The number of carbonyl (C=O) groups is 2. The highest BCUT2D eigenvalue weighted by Gasteiger charge is 2.21. The second-order valence-corrected chi connectivity index (χ2v) is 5.58. The Morgan fingerprint density at radius 2 is 1.64 bits per heavy atom. The number of fused-ring (bicyclic) bond motifs is 2. The minimum absolute atomic E-state index is 0.237. The first-order valence-corrected chi connectivity index (χ1v) is 7.79. The van der Waals surface area contributed by atoms with Gasteiger partial charge in [0.1, 0.15) is 5.75 Å². The standard InChI is InChI=1S/C20H14N2O3/c23-19(13-6-2-1-3-7-13)21-14-10-11-17-15(12-14)20(24)22-16-8-4-5-9-18(16)25-17/h1-12H,(H,21,23)(H,22,24). The van der Waals surface area contributed by atoms with Gasteiger partial charge in [0.2, 0.25) is 0 Å². The van der Waals surface area contributed by atoms with Gasteiger partial charge in [-0.2, -0.15) is 0 Å². The molecule has 2 amide bonds. The van der Waals surface area contributed by atoms with Crippen LogP contribution in [0.5, 0.6) is 11.5 Å². The maximum absolute atomic E-state index is 12.5. The monoisotopic (exact) mass is 330 g/mol. The molecule has 0 saturated heterocycles. The zero-order chi connectivity index (χ0) is 17.2. The van der Waals surface area contributed by atoms with E-state index in [-0.39, 0.29) is 11.8 Å². The zero-order valence-corrected chi connectivity index (χ0v) is 13.2. The Bertz CT molecular complexity index is 968. The summed E-state index contributed by atoms with van der Waals surface area (Å²) in [6.45, 7) is 0. The minimum atomic E-state index is -0.282. The number of rotatable bonds is 2. The summed E-state index contributed by atoms with van der Waals surface area (Å²) in [7, 11) is 0. The lowest BCUT2D eigenvalue weighted by atomic mass is 10.1. The first kappa shape index (κ1) is 15.0. The van der Waals surface area contributed by atoms with Crippen molar-refractivity contribution in [3.63, 3.8) is 0 Å². The molecule has 5 nitrogen and oxygen atoms in total. The highest BCUT2D eigenvalue weighted by Crippen LogP contribution is 2.36. The highest BCUT2D eigenvalue weighted by molar-refractivity contribution is 6.10. The molecule has 0 atom stereocenters. The molecule has 0 bridgehead atoms. The molecule has 1 aliphatic rings. The van der Waals surface area contributed by atoms with Gasteiger partial charge in [0, 0.05) is 11.3 Å². The van der Waals surface area contributed by atoms with E-state index < -0.39 is 0 Å². The van der Waals surface area contributed by atoms with Gasteiger partial charge in [-0.05, 0) is 42.5 Å². The lowest BCUT2D eigenvalue weighted by Crippen LogP contribution is -2.14. The molecular weight excluding hydrogens is 316 g/mol. The maximum atomic E-state index is 12.5. The normalized spacial score (nSPS) is 12.1. The van der Waals surface area contributed by atoms with Crippen LogP contribution in [0.25, 0.3) is 0 Å². The van der Waals surface area contributed by atoms with Crippen LogP contribution in [0.1, 0.15) is 20.7 Å². The Balaban J connectivity index is 1.63. The van der Waals surface area contributed by atoms with Crippen LogP contribution in [-0.4, -0.2) is 11.8 Å². The minimum Gasteiger partial charge on any atom is -0.454 e. The first-order valence-electron chi connectivity index (χ1n) is 7.79. The van der Waals surface area contributed by atoms with Gasteiger partial charge in [-0.25, -0.2) is 0 Å². The molecule has 0 aliphatic carbocycles. The van der Waals surface area contributed by atoms with Crippen molar-refractivity contribution < 1.29 is 14.3 Å². The summed E-state index contributed by atoms with van der Waals surface area (Å²) in [6, 6.07) is 21.1.